The number of hydrogen-bond acceptors (Lipinski definition) is 3. The first kappa shape index (κ1) is 14.9. The number of benzene rings is 1. The highest BCUT2D eigenvalue weighted by molar-refractivity contribution is 5.89. The van der Waals surface area contributed by atoms with Gasteiger partial charge in [-0.15, -0.1) is 0 Å². The van der Waals surface area contributed by atoms with Crippen LogP contribution in [-0.4, -0.2) is 37.0 Å². The monoisotopic (exact) mass is 301 g/mol. The van der Waals surface area contributed by atoms with Gasteiger partial charge in [0, 0.05) is 31.2 Å². The lowest BCUT2D eigenvalue weighted by Crippen LogP contribution is -2.43. The van der Waals surface area contributed by atoms with E-state index in [1.807, 2.05) is 6.07 Å². The Hall–Kier alpha value is -2.04. The van der Waals surface area contributed by atoms with Crippen molar-refractivity contribution in [1.82, 2.24) is 10.6 Å². The first-order valence-electron chi connectivity index (χ1n) is 8.07. The Bertz CT molecular complexity index is 573. The maximum absolute atomic E-state index is 12.1. The van der Waals surface area contributed by atoms with E-state index < -0.39 is 0 Å². The van der Waals surface area contributed by atoms with Crippen LogP contribution in [0.2, 0.25) is 0 Å². The molecular formula is C17H23N3O2. The van der Waals surface area contributed by atoms with Crippen molar-refractivity contribution in [2.75, 3.05) is 18.0 Å². The minimum Gasteiger partial charge on any atom is -0.368 e. The highest BCUT2D eigenvalue weighted by Crippen LogP contribution is 2.30. The van der Waals surface area contributed by atoms with Gasteiger partial charge in [0.25, 0.3) is 0 Å². The van der Waals surface area contributed by atoms with Crippen molar-refractivity contribution in [1.29, 1.82) is 0 Å². The van der Waals surface area contributed by atoms with Gasteiger partial charge >= 0.3 is 0 Å². The van der Waals surface area contributed by atoms with Crippen LogP contribution in [-0.2, 0) is 16.0 Å². The molecule has 0 bridgehead atoms. The van der Waals surface area contributed by atoms with Gasteiger partial charge in [-0.2, -0.15) is 0 Å². The van der Waals surface area contributed by atoms with Gasteiger partial charge in [-0.1, -0.05) is 18.2 Å². The number of anilines is 1. The van der Waals surface area contributed by atoms with Gasteiger partial charge in [-0.05, 0) is 37.8 Å². The number of nitrogens with one attached hydrogen (secondary N) is 2. The predicted octanol–water partition coefficient (Wildman–Crippen LogP) is 1.22. The van der Waals surface area contributed by atoms with Crippen LogP contribution in [0.4, 0.5) is 5.69 Å². The van der Waals surface area contributed by atoms with E-state index >= 15 is 0 Å². The fraction of sp³-hybridized carbons (Fsp3) is 0.529. The van der Waals surface area contributed by atoms with Crippen LogP contribution in [0.25, 0.3) is 0 Å². The minimum absolute atomic E-state index is 0.0442. The molecule has 5 heteroatoms. The Morgan fingerprint density at radius 2 is 2.18 bits per heavy atom. The second-order valence-corrected chi connectivity index (χ2v) is 6.16. The second-order valence-electron chi connectivity index (χ2n) is 6.16. The largest absolute Gasteiger partial charge is 0.368 e. The van der Waals surface area contributed by atoms with E-state index in [1.165, 1.54) is 11.3 Å². The first-order valence-corrected chi connectivity index (χ1v) is 8.07. The lowest BCUT2D eigenvalue weighted by atomic mass is 9.96. The zero-order valence-electron chi connectivity index (χ0n) is 13.0. The average molecular weight is 301 g/mol. The molecule has 0 spiro atoms. The van der Waals surface area contributed by atoms with Gasteiger partial charge in [0.2, 0.25) is 11.8 Å². The second kappa shape index (κ2) is 6.38. The van der Waals surface area contributed by atoms with Crippen LogP contribution in [0, 0.1) is 0 Å². The summed E-state index contributed by atoms with van der Waals surface area (Å²) in [4.78, 5) is 25.9. The Balaban J connectivity index is 1.59. The summed E-state index contributed by atoms with van der Waals surface area (Å²) in [6.07, 6.45) is 3.32. The van der Waals surface area contributed by atoms with Crippen LogP contribution < -0.4 is 15.5 Å². The molecule has 0 aromatic heterocycles. The van der Waals surface area contributed by atoms with Crippen LogP contribution in [0.1, 0.15) is 31.7 Å². The summed E-state index contributed by atoms with van der Waals surface area (Å²) < 4.78 is 0. The topological polar surface area (TPSA) is 61.4 Å². The fourth-order valence-electron chi connectivity index (χ4n) is 3.32. The molecule has 2 unspecified atom stereocenters. The van der Waals surface area contributed by atoms with Crippen molar-refractivity contribution < 1.29 is 9.59 Å². The van der Waals surface area contributed by atoms with Gasteiger partial charge in [0.1, 0.15) is 6.04 Å². The number of nitrogens with zero attached hydrogens (tertiary/aromatic N) is 1. The number of para-hydroxylation sites is 1. The third-order valence-electron chi connectivity index (χ3n) is 4.63. The normalized spacial score (nSPS) is 23.9. The summed E-state index contributed by atoms with van der Waals surface area (Å²) in [6.45, 7) is 3.55. The van der Waals surface area contributed by atoms with Crippen molar-refractivity contribution in [2.45, 2.75) is 44.7 Å². The summed E-state index contributed by atoms with van der Waals surface area (Å²) in [5, 5.41) is 5.57. The zero-order chi connectivity index (χ0) is 15.5. The van der Waals surface area contributed by atoms with Gasteiger partial charge in [-0.25, -0.2) is 0 Å². The van der Waals surface area contributed by atoms with Crippen LogP contribution in [0.5, 0.6) is 0 Å². The molecule has 3 rings (SSSR count). The number of carbonyl (C=O) groups is 2. The summed E-state index contributed by atoms with van der Waals surface area (Å²) in [7, 11) is 0. The zero-order valence-corrected chi connectivity index (χ0v) is 13.0. The summed E-state index contributed by atoms with van der Waals surface area (Å²) in [5.41, 5.74) is 2.60. The van der Waals surface area contributed by atoms with E-state index in [4.69, 9.17) is 0 Å². The van der Waals surface area contributed by atoms with Crippen LogP contribution >= 0.6 is 0 Å². The van der Waals surface area contributed by atoms with E-state index in [0.29, 0.717) is 32.0 Å². The van der Waals surface area contributed by atoms with Crippen molar-refractivity contribution in [3.63, 3.8) is 0 Å². The lowest BCUT2D eigenvalue weighted by molar-refractivity contribution is -0.127. The molecule has 5 nitrogen and oxygen atoms in total. The fourth-order valence-corrected chi connectivity index (χ4v) is 3.32. The highest BCUT2D eigenvalue weighted by atomic mass is 16.2. The number of carbonyl (C=O) groups excluding carboxylic acids is 2. The molecular weight excluding hydrogens is 278 g/mol. The van der Waals surface area contributed by atoms with Crippen molar-refractivity contribution in [3.8, 4) is 0 Å². The smallest absolute Gasteiger partial charge is 0.242 e. The Kier molecular flexibility index (Phi) is 4.32. The van der Waals surface area contributed by atoms with Gasteiger partial charge in [-0.3, -0.25) is 9.59 Å². The molecule has 1 aromatic carbocycles. The van der Waals surface area contributed by atoms with Crippen molar-refractivity contribution in [2.24, 2.45) is 0 Å². The third kappa shape index (κ3) is 3.08. The Morgan fingerprint density at radius 1 is 1.36 bits per heavy atom. The molecule has 1 saturated heterocycles. The number of rotatable bonds is 4. The maximum Gasteiger partial charge on any atom is 0.242 e. The van der Waals surface area contributed by atoms with E-state index in [1.54, 1.807) is 0 Å². The number of amides is 2. The molecule has 1 fully saturated rings. The number of aryl methyl sites for hydroxylation is 1. The minimum atomic E-state index is -0.349. The van der Waals surface area contributed by atoms with Crippen molar-refractivity contribution in [3.05, 3.63) is 29.8 Å². The molecule has 2 N–H and O–H groups in total. The molecule has 2 heterocycles. The van der Waals surface area contributed by atoms with Crippen molar-refractivity contribution >= 4 is 17.5 Å². The van der Waals surface area contributed by atoms with E-state index in [-0.39, 0.29) is 17.9 Å². The predicted molar refractivity (Wildman–Crippen MR) is 85.7 cm³/mol. The van der Waals surface area contributed by atoms with E-state index in [2.05, 4.69) is 40.7 Å². The summed E-state index contributed by atoms with van der Waals surface area (Å²) >= 11 is 0. The molecule has 2 aliphatic heterocycles. The van der Waals surface area contributed by atoms with E-state index in [0.717, 1.165) is 12.8 Å². The molecule has 1 aromatic rings. The summed E-state index contributed by atoms with van der Waals surface area (Å²) in [6, 6.07) is 8.51. The molecule has 2 amide bonds. The Morgan fingerprint density at radius 3 is 2.95 bits per heavy atom. The van der Waals surface area contributed by atoms with Crippen LogP contribution in [0.15, 0.2) is 24.3 Å². The summed E-state index contributed by atoms with van der Waals surface area (Å²) in [5.74, 6) is -0.109. The van der Waals surface area contributed by atoms with Gasteiger partial charge in [0.05, 0.1) is 0 Å². The van der Waals surface area contributed by atoms with Crippen LogP contribution in [0.3, 0.4) is 0 Å². The first-order chi connectivity index (χ1) is 10.6. The Labute approximate surface area is 131 Å². The molecule has 0 radical (unpaired) electrons. The molecule has 2 aliphatic rings. The SMILES string of the molecule is CC1CCc2ccccc2N1CCC(=O)NC1CCNC1=O. The van der Waals surface area contributed by atoms with Gasteiger partial charge in [0.15, 0.2) is 0 Å². The molecule has 0 aliphatic carbocycles. The van der Waals surface area contributed by atoms with Gasteiger partial charge < -0.3 is 15.5 Å². The third-order valence-corrected chi connectivity index (χ3v) is 4.63. The molecule has 0 saturated carbocycles. The highest BCUT2D eigenvalue weighted by Gasteiger charge is 2.27. The standard InChI is InChI=1S/C17H23N3O2/c1-12-6-7-13-4-2-3-5-15(13)20(12)11-9-16(21)19-14-8-10-18-17(14)22/h2-5,12,14H,6-11H2,1H3,(H,18,22)(H,19,21). The average Bonchev–Trinajstić information content (AvgIpc) is 2.91. The quantitative estimate of drug-likeness (QED) is 0.879. The maximum atomic E-state index is 12.1. The lowest BCUT2D eigenvalue weighted by Gasteiger charge is -2.37. The van der Waals surface area contributed by atoms with E-state index in [9.17, 15) is 9.59 Å². The number of hydrogen-bond donors (Lipinski definition) is 2. The molecule has 118 valence electrons. The number of fused-ring (bicyclic) bond motifs is 1. The molecule has 2 atom stereocenters. The molecule has 22 heavy (non-hydrogen) atoms.